The Morgan fingerprint density at radius 3 is 2.42 bits per heavy atom. The zero-order valence-electron chi connectivity index (χ0n) is 10.5. The highest BCUT2D eigenvalue weighted by molar-refractivity contribution is 5.85. The summed E-state index contributed by atoms with van der Waals surface area (Å²) >= 11 is 0. The van der Waals surface area contributed by atoms with Crippen molar-refractivity contribution in [2.45, 2.75) is 30.9 Å². The van der Waals surface area contributed by atoms with Crippen LogP contribution in [0.3, 0.4) is 0 Å². The van der Waals surface area contributed by atoms with E-state index in [1.807, 2.05) is 30.3 Å². The van der Waals surface area contributed by atoms with Gasteiger partial charge in [-0.3, -0.25) is 4.90 Å². The minimum absolute atomic E-state index is 0. The van der Waals surface area contributed by atoms with Crippen LogP contribution < -0.4 is 0 Å². The van der Waals surface area contributed by atoms with E-state index in [0.29, 0.717) is 6.54 Å². The molecular weight excluding hydrogens is 270 g/mol. The largest absolute Gasteiger partial charge is 0.394 e. The standard InChI is InChI=1S/C13H19NO4.ClH/c15-8-11(17)12-13(18)10(16)7-14(12)6-9-4-2-1-3-5-9;/h1-5,10-13,15-18H,6-8H2;1H/t10-,11+,12+,13-;/m1./s1. The van der Waals surface area contributed by atoms with Gasteiger partial charge in [0.15, 0.2) is 0 Å². The van der Waals surface area contributed by atoms with Crippen LogP contribution in [0.15, 0.2) is 30.3 Å². The Morgan fingerprint density at radius 1 is 1.21 bits per heavy atom. The number of aliphatic hydroxyl groups is 4. The molecule has 0 bridgehead atoms. The average molecular weight is 290 g/mol. The number of hydrogen-bond donors (Lipinski definition) is 4. The second kappa shape index (κ2) is 7.19. The summed E-state index contributed by atoms with van der Waals surface area (Å²) in [6.07, 6.45) is -2.98. The van der Waals surface area contributed by atoms with Gasteiger partial charge in [0.25, 0.3) is 0 Å². The third-order valence-corrected chi connectivity index (χ3v) is 3.40. The van der Waals surface area contributed by atoms with Gasteiger partial charge < -0.3 is 20.4 Å². The Kier molecular flexibility index (Phi) is 6.19. The van der Waals surface area contributed by atoms with Gasteiger partial charge in [-0.15, -0.1) is 12.4 Å². The molecule has 108 valence electrons. The topological polar surface area (TPSA) is 84.2 Å². The normalized spacial score (nSPS) is 28.9. The molecule has 1 heterocycles. The van der Waals surface area contributed by atoms with E-state index in [0.717, 1.165) is 5.56 Å². The number of likely N-dealkylation sites (tertiary alicyclic amines) is 1. The van der Waals surface area contributed by atoms with Gasteiger partial charge in [0, 0.05) is 13.1 Å². The third kappa shape index (κ3) is 3.66. The quantitative estimate of drug-likeness (QED) is 0.593. The Morgan fingerprint density at radius 2 is 1.84 bits per heavy atom. The Bertz CT molecular complexity index is 378. The first-order chi connectivity index (χ1) is 8.63. The summed E-state index contributed by atoms with van der Waals surface area (Å²) in [5, 5.41) is 38.3. The maximum absolute atomic E-state index is 9.84. The molecule has 2 rings (SSSR count). The predicted molar refractivity (Wildman–Crippen MR) is 73.0 cm³/mol. The fraction of sp³-hybridized carbons (Fsp3) is 0.538. The van der Waals surface area contributed by atoms with Crippen molar-refractivity contribution in [3.8, 4) is 0 Å². The van der Waals surface area contributed by atoms with Gasteiger partial charge in [-0.1, -0.05) is 30.3 Å². The molecule has 0 radical (unpaired) electrons. The van der Waals surface area contributed by atoms with Crippen molar-refractivity contribution in [3.63, 3.8) is 0 Å². The molecule has 1 aliphatic heterocycles. The van der Waals surface area contributed by atoms with Crippen LogP contribution in [-0.2, 0) is 6.54 Å². The summed E-state index contributed by atoms with van der Waals surface area (Å²) in [4.78, 5) is 1.80. The van der Waals surface area contributed by atoms with Crippen LogP contribution in [0.25, 0.3) is 0 Å². The third-order valence-electron chi connectivity index (χ3n) is 3.40. The minimum atomic E-state index is -1.05. The molecule has 4 N–H and O–H groups in total. The SMILES string of the molecule is Cl.OC[C@H](O)[C@H]1[C@H](O)[C@H](O)CN1Cc1ccccc1. The van der Waals surface area contributed by atoms with Crippen molar-refractivity contribution in [1.82, 2.24) is 4.90 Å². The molecule has 1 aliphatic rings. The molecule has 19 heavy (non-hydrogen) atoms. The molecule has 0 aliphatic carbocycles. The van der Waals surface area contributed by atoms with Crippen molar-refractivity contribution in [3.05, 3.63) is 35.9 Å². The highest BCUT2D eigenvalue weighted by Crippen LogP contribution is 2.23. The monoisotopic (exact) mass is 289 g/mol. The summed E-state index contributed by atoms with van der Waals surface area (Å²) in [5.74, 6) is 0. The smallest absolute Gasteiger partial charge is 0.0992 e. The first-order valence-electron chi connectivity index (χ1n) is 6.06. The van der Waals surface area contributed by atoms with E-state index < -0.39 is 31.0 Å². The van der Waals surface area contributed by atoms with Gasteiger partial charge in [0.1, 0.15) is 0 Å². The fourth-order valence-corrected chi connectivity index (χ4v) is 2.48. The lowest BCUT2D eigenvalue weighted by Gasteiger charge is -2.29. The van der Waals surface area contributed by atoms with Crippen LogP contribution in [0.2, 0.25) is 0 Å². The van der Waals surface area contributed by atoms with Crippen LogP contribution in [0.4, 0.5) is 0 Å². The Labute approximate surface area is 118 Å². The Balaban J connectivity index is 0.00000180. The first kappa shape index (κ1) is 16.4. The molecule has 0 saturated carbocycles. The molecule has 5 nitrogen and oxygen atoms in total. The van der Waals surface area contributed by atoms with Gasteiger partial charge in [-0.05, 0) is 5.56 Å². The number of hydrogen-bond acceptors (Lipinski definition) is 5. The molecule has 0 aromatic heterocycles. The molecule has 1 aromatic rings. The Hall–Kier alpha value is -0.690. The first-order valence-corrected chi connectivity index (χ1v) is 6.06. The van der Waals surface area contributed by atoms with Gasteiger partial charge in [0.05, 0.1) is 31.0 Å². The van der Waals surface area contributed by atoms with E-state index in [9.17, 15) is 15.3 Å². The summed E-state index contributed by atoms with van der Waals surface area (Å²) in [5.41, 5.74) is 1.04. The maximum atomic E-state index is 9.84. The average Bonchev–Trinajstić information content (AvgIpc) is 2.65. The highest BCUT2D eigenvalue weighted by Gasteiger charge is 2.43. The molecule has 1 aromatic carbocycles. The zero-order valence-corrected chi connectivity index (χ0v) is 11.3. The number of β-amino-alcohol motifs (C(OH)–C–C–N with tert-alkyl or cyclic N) is 1. The van der Waals surface area contributed by atoms with Crippen molar-refractivity contribution in [2.75, 3.05) is 13.2 Å². The lowest BCUT2D eigenvalue weighted by atomic mass is 10.0. The molecule has 1 fully saturated rings. The van der Waals surface area contributed by atoms with Crippen LogP contribution >= 0.6 is 12.4 Å². The van der Waals surface area contributed by atoms with Crippen LogP contribution in [0, 0.1) is 0 Å². The van der Waals surface area contributed by atoms with Crippen LogP contribution in [-0.4, -0.2) is 62.8 Å². The number of rotatable bonds is 4. The van der Waals surface area contributed by atoms with Crippen LogP contribution in [0.1, 0.15) is 5.56 Å². The van der Waals surface area contributed by atoms with Crippen molar-refractivity contribution < 1.29 is 20.4 Å². The summed E-state index contributed by atoms with van der Waals surface area (Å²) in [6.45, 7) is 0.383. The molecule has 4 atom stereocenters. The summed E-state index contributed by atoms with van der Waals surface area (Å²) < 4.78 is 0. The second-order valence-corrected chi connectivity index (χ2v) is 4.71. The van der Waals surface area contributed by atoms with Gasteiger partial charge in [-0.2, -0.15) is 0 Å². The van der Waals surface area contributed by atoms with Crippen molar-refractivity contribution >= 4 is 12.4 Å². The number of halogens is 1. The second-order valence-electron chi connectivity index (χ2n) is 4.71. The van der Waals surface area contributed by atoms with Gasteiger partial charge in [0.2, 0.25) is 0 Å². The molecule has 0 spiro atoms. The highest BCUT2D eigenvalue weighted by atomic mass is 35.5. The van der Waals surface area contributed by atoms with Gasteiger partial charge in [-0.25, -0.2) is 0 Å². The fourth-order valence-electron chi connectivity index (χ4n) is 2.48. The minimum Gasteiger partial charge on any atom is -0.394 e. The van der Waals surface area contributed by atoms with E-state index in [2.05, 4.69) is 0 Å². The lowest BCUT2D eigenvalue weighted by Crippen LogP contribution is -2.46. The van der Waals surface area contributed by atoms with Crippen molar-refractivity contribution in [2.24, 2.45) is 0 Å². The molecule has 0 amide bonds. The molecule has 6 heteroatoms. The van der Waals surface area contributed by atoms with Crippen LogP contribution in [0.5, 0.6) is 0 Å². The van der Waals surface area contributed by atoms with E-state index in [4.69, 9.17) is 5.11 Å². The van der Waals surface area contributed by atoms with E-state index >= 15 is 0 Å². The number of aliphatic hydroxyl groups excluding tert-OH is 4. The summed E-state index contributed by atoms with van der Waals surface area (Å²) in [6, 6.07) is 8.99. The van der Waals surface area contributed by atoms with Gasteiger partial charge >= 0.3 is 0 Å². The zero-order chi connectivity index (χ0) is 13.1. The number of benzene rings is 1. The predicted octanol–water partition coefficient (Wildman–Crippen LogP) is -0.632. The van der Waals surface area contributed by atoms with E-state index in [1.54, 1.807) is 4.90 Å². The molecular formula is C13H20ClNO4. The van der Waals surface area contributed by atoms with E-state index in [1.165, 1.54) is 0 Å². The molecule has 0 unspecified atom stereocenters. The number of nitrogens with zero attached hydrogens (tertiary/aromatic N) is 1. The maximum Gasteiger partial charge on any atom is 0.0992 e. The van der Waals surface area contributed by atoms with Crippen molar-refractivity contribution in [1.29, 1.82) is 0 Å². The summed E-state index contributed by atoms with van der Waals surface area (Å²) in [7, 11) is 0. The molecule has 1 saturated heterocycles. The van der Waals surface area contributed by atoms with E-state index in [-0.39, 0.29) is 19.0 Å². The lowest BCUT2D eigenvalue weighted by molar-refractivity contribution is -0.0317.